The Morgan fingerprint density at radius 2 is 2.17 bits per heavy atom. The zero-order chi connectivity index (χ0) is 16.7. The van der Waals surface area contributed by atoms with E-state index in [2.05, 4.69) is 38.9 Å². The predicted octanol–water partition coefficient (Wildman–Crippen LogP) is 3.44. The molecule has 0 bridgehead atoms. The van der Waals surface area contributed by atoms with Crippen molar-refractivity contribution in [1.82, 2.24) is 24.6 Å². The summed E-state index contributed by atoms with van der Waals surface area (Å²) < 4.78 is 8.10. The van der Waals surface area contributed by atoms with Gasteiger partial charge < -0.3 is 8.98 Å². The summed E-state index contributed by atoms with van der Waals surface area (Å²) in [6, 6.07) is 2.04. The Hall–Kier alpha value is -1.99. The smallest absolute Gasteiger partial charge is 0.227 e. The van der Waals surface area contributed by atoms with Crippen molar-refractivity contribution < 1.29 is 4.42 Å². The van der Waals surface area contributed by atoms with E-state index in [1.807, 2.05) is 18.4 Å². The number of oxazole rings is 1. The first-order valence-corrected chi connectivity index (χ1v) is 9.19. The van der Waals surface area contributed by atoms with Gasteiger partial charge in [0.2, 0.25) is 5.89 Å². The minimum Gasteiger partial charge on any atom is -0.441 e. The molecule has 3 aromatic rings. The first-order valence-electron chi connectivity index (χ1n) is 8.25. The van der Waals surface area contributed by atoms with Gasteiger partial charge in [0.1, 0.15) is 17.4 Å². The van der Waals surface area contributed by atoms with E-state index in [1.54, 1.807) is 11.3 Å². The van der Waals surface area contributed by atoms with Crippen LogP contribution in [-0.4, -0.2) is 31.2 Å². The molecule has 0 unspecified atom stereocenters. The van der Waals surface area contributed by atoms with Gasteiger partial charge in [-0.2, -0.15) is 11.3 Å². The lowest BCUT2D eigenvalue weighted by Crippen LogP contribution is -2.34. The third kappa shape index (κ3) is 2.78. The van der Waals surface area contributed by atoms with Gasteiger partial charge in [0.15, 0.2) is 0 Å². The fraction of sp³-hybridized carbons (Fsp3) is 0.471. The molecule has 126 valence electrons. The van der Waals surface area contributed by atoms with Crippen LogP contribution in [-0.2, 0) is 19.6 Å². The topological polar surface area (TPSA) is 60.0 Å². The highest BCUT2D eigenvalue weighted by Gasteiger charge is 2.24. The van der Waals surface area contributed by atoms with Crippen LogP contribution in [0.5, 0.6) is 0 Å². The zero-order valence-corrected chi connectivity index (χ0v) is 15.0. The Morgan fingerprint density at radius 3 is 2.92 bits per heavy atom. The second-order valence-electron chi connectivity index (χ2n) is 6.53. The Kier molecular flexibility index (Phi) is 3.97. The van der Waals surface area contributed by atoms with Gasteiger partial charge in [-0.05, 0) is 18.4 Å². The maximum absolute atomic E-state index is 5.84. The van der Waals surface area contributed by atoms with Crippen molar-refractivity contribution in [2.24, 2.45) is 0 Å². The van der Waals surface area contributed by atoms with Crippen molar-refractivity contribution in [3.05, 3.63) is 39.9 Å². The van der Waals surface area contributed by atoms with Gasteiger partial charge in [-0.25, -0.2) is 4.98 Å². The SMILES string of the molecule is Cc1oc(-c2ccsc2)nc1CN1CCn2c(nnc2C(C)C)C1. The molecule has 24 heavy (non-hydrogen) atoms. The van der Waals surface area contributed by atoms with Crippen molar-refractivity contribution in [2.75, 3.05) is 6.54 Å². The van der Waals surface area contributed by atoms with Gasteiger partial charge >= 0.3 is 0 Å². The molecule has 0 saturated carbocycles. The van der Waals surface area contributed by atoms with Crippen LogP contribution in [0.3, 0.4) is 0 Å². The van der Waals surface area contributed by atoms with Crippen LogP contribution in [0.15, 0.2) is 21.2 Å². The fourth-order valence-electron chi connectivity index (χ4n) is 3.09. The molecule has 0 aliphatic carbocycles. The number of aryl methyl sites for hydroxylation is 1. The minimum absolute atomic E-state index is 0.406. The lowest BCUT2D eigenvalue weighted by Gasteiger charge is -2.27. The lowest BCUT2D eigenvalue weighted by molar-refractivity contribution is 0.204. The van der Waals surface area contributed by atoms with Crippen LogP contribution < -0.4 is 0 Å². The largest absolute Gasteiger partial charge is 0.441 e. The molecule has 4 heterocycles. The number of nitrogens with zero attached hydrogens (tertiary/aromatic N) is 5. The van der Waals surface area contributed by atoms with Crippen molar-refractivity contribution in [3.63, 3.8) is 0 Å². The first kappa shape index (κ1) is 15.5. The van der Waals surface area contributed by atoms with Crippen LogP contribution in [0.1, 0.15) is 42.9 Å². The molecule has 0 radical (unpaired) electrons. The maximum Gasteiger partial charge on any atom is 0.227 e. The van der Waals surface area contributed by atoms with Gasteiger partial charge in [0.25, 0.3) is 0 Å². The van der Waals surface area contributed by atoms with E-state index in [4.69, 9.17) is 9.40 Å². The number of hydrogen-bond donors (Lipinski definition) is 0. The Balaban J connectivity index is 1.50. The summed E-state index contributed by atoms with van der Waals surface area (Å²) in [5.74, 6) is 4.15. The van der Waals surface area contributed by atoms with E-state index in [-0.39, 0.29) is 0 Å². The summed E-state index contributed by atoms with van der Waals surface area (Å²) in [6.45, 7) is 9.81. The van der Waals surface area contributed by atoms with Crippen molar-refractivity contribution in [3.8, 4) is 11.5 Å². The standard InChI is InChI=1S/C17H21N5OS/c1-11(2)16-20-19-15-9-21(5-6-22(15)16)8-14-12(3)23-17(18-14)13-4-7-24-10-13/h4,7,10-11H,5-6,8-9H2,1-3H3. The normalized spacial score (nSPS) is 15.2. The summed E-state index contributed by atoms with van der Waals surface area (Å²) in [5.41, 5.74) is 2.06. The molecule has 1 aliphatic heterocycles. The van der Waals surface area contributed by atoms with Crippen molar-refractivity contribution in [2.45, 2.75) is 46.3 Å². The van der Waals surface area contributed by atoms with Crippen LogP contribution in [0.4, 0.5) is 0 Å². The summed E-state index contributed by atoms with van der Waals surface area (Å²) in [4.78, 5) is 7.05. The number of aromatic nitrogens is 4. The van der Waals surface area contributed by atoms with E-state index < -0.39 is 0 Å². The second-order valence-corrected chi connectivity index (χ2v) is 7.31. The molecule has 0 saturated heterocycles. The molecule has 7 heteroatoms. The lowest BCUT2D eigenvalue weighted by atomic mass is 10.2. The van der Waals surface area contributed by atoms with Gasteiger partial charge in [0, 0.05) is 36.5 Å². The molecule has 4 rings (SSSR count). The van der Waals surface area contributed by atoms with E-state index in [1.165, 1.54) is 0 Å². The third-order valence-electron chi connectivity index (χ3n) is 4.41. The second kappa shape index (κ2) is 6.14. The van der Waals surface area contributed by atoms with Crippen LogP contribution >= 0.6 is 11.3 Å². The molecular weight excluding hydrogens is 322 g/mol. The van der Waals surface area contributed by atoms with Crippen LogP contribution in [0.25, 0.3) is 11.5 Å². The molecule has 3 aromatic heterocycles. The monoisotopic (exact) mass is 343 g/mol. The minimum atomic E-state index is 0.406. The number of fused-ring (bicyclic) bond motifs is 1. The van der Waals surface area contributed by atoms with Crippen LogP contribution in [0.2, 0.25) is 0 Å². The fourth-order valence-corrected chi connectivity index (χ4v) is 3.72. The zero-order valence-electron chi connectivity index (χ0n) is 14.2. The molecular formula is C17H21N5OS. The van der Waals surface area contributed by atoms with E-state index in [0.717, 1.165) is 54.8 Å². The third-order valence-corrected chi connectivity index (χ3v) is 5.09. The van der Waals surface area contributed by atoms with E-state index in [9.17, 15) is 0 Å². The Labute approximate surface area is 145 Å². The van der Waals surface area contributed by atoms with Crippen LogP contribution in [0, 0.1) is 6.92 Å². The highest BCUT2D eigenvalue weighted by Crippen LogP contribution is 2.25. The van der Waals surface area contributed by atoms with Crippen molar-refractivity contribution >= 4 is 11.3 Å². The quantitative estimate of drug-likeness (QED) is 0.726. The first-order chi connectivity index (χ1) is 11.6. The Morgan fingerprint density at radius 1 is 1.29 bits per heavy atom. The molecule has 0 atom stereocenters. The molecule has 0 spiro atoms. The Bertz CT molecular complexity index is 833. The van der Waals surface area contributed by atoms with Gasteiger partial charge in [0.05, 0.1) is 12.2 Å². The summed E-state index contributed by atoms with van der Waals surface area (Å²) in [6.07, 6.45) is 0. The van der Waals surface area contributed by atoms with Crippen molar-refractivity contribution in [1.29, 1.82) is 0 Å². The number of hydrogen-bond acceptors (Lipinski definition) is 6. The number of thiophene rings is 1. The number of rotatable bonds is 4. The summed E-state index contributed by atoms with van der Waals surface area (Å²) in [7, 11) is 0. The van der Waals surface area contributed by atoms with Gasteiger partial charge in [-0.3, -0.25) is 4.90 Å². The predicted molar refractivity (Wildman–Crippen MR) is 92.8 cm³/mol. The van der Waals surface area contributed by atoms with Gasteiger partial charge in [-0.15, -0.1) is 10.2 Å². The molecule has 0 N–H and O–H groups in total. The highest BCUT2D eigenvalue weighted by molar-refractivity contribution is 7.08. The maximum atomic E-state index is 5.84. The summed E-state index contributed by atoms with van der Waals surface area (Å²) >= 11 is 1.65. The molecule has 0 amide bonds. The average molecular weight is 343 g/mol. The average Bonchev–Trinajstić information content (AvgIpc) is 3.27. The highest BCUT2D eigenvalue weighted by atomic mass is 32.1. The molecule has 0 aromatic carbocycles. The molecule has 0 fully saturated rings. The molecule has 6 nitrogen and oxygen atoms in total. The van der Waals surface area contributed by atoms with E-state index in [0.29, 0.717) is 11.8 Å². The molecule has 1 aliphatic rings. The van der Waals surface area contributed by atoms with E-state index >= 15 is 0 Å². The van der Waals surface area contributed by atoms with Gasteiger partial charge in [-0.1, -0.05) is 13.8 Å². The summed E-state index contributed by atoms with van der Waals surface area (Å²) in [5, 5.41) is 12.8.